The Morgan fingerprint density at radius 3 is 2.46 bits per heavy atom. The number of amides is 2. The highest BCUT2D eigenvalue weighted by Gasteiger charge is 2.32. The number of rotatable bonds is 3. The molecule has 2 aliphatic heterocycles. The zero-order valence-electron chi connectivity index (χ0n) is 16.4. The number of hydrogen-bond acceptors (Lipinski definition) is 5. The molecule has 2 amide bonds. The summed E-state index contributed by atoms with van der Waals surface area (Å²) in [6, 6.07) is 1.95. The minimum atomic E-state index is 0.0184. The summed E-state index contributed by atoms with van der Waals surface area (Å²) in [4.78, 5) is 34.0. The molecule has 0 saturated carbocycles. The van der Waals surface area contributed by atoms with E-state index in [2.05, 4.69) is 4.98 Å². The van der Waals surface area contributed by atoms with E-state index in [0.29, 0.717) is 39.4 Å². The van der Waals surface area contributed by atoms with Crippen molar-refractivity contribution in [2.75, 3.05) is 39.4 Å². The topological polar surface area (TPSA) is 67.7 Å². The lowest BCUT2D eigenvalue weighted by Crippen LogP contribution is -2.47. The number of piperidine rings is 1. The van der Waals surface area contributed by atoms with Crippen LogP contribution in [0.5, 0.6) is 0 Å². The number of likely N-dealkylation sites (tertiary alicyclic amines) is 1. The number of ether oxygens (including phenoxy) is 1. The Morgan fingerprint density at radius 2 is 1.82 bits per heavy atom. The third-order valence-corrected chi connectivity index (χ3v) is 6.48. The maximum absolute atomic E-state index is 13.1. The number of hydrogen-bond donors (Lipinski definition) is 0. The predicted octanol–water partition coefficient (Wildman–Crippen LogP) is 2.26. The highest BCUT2D eigenvalue weighted by atomic mass is 32.1. The fourth-order valence-electron chi connectivity index (χ4n) is 4.14. The van der Waals surface area contributed by atoms with Crippen LogP contribution in [0, 0.1) is 19.8 Å². The first kappa shape index (κ1) is 19.1. The van der Waals surface area contributed by atoms with Gasteiger partial charge in [-0.1, -0.05) is 0 Å². The SMILES string of the molecule is Cc1cc(C(=O)N2CCC(C(=O)N3CCOCC3)CC2)c(C)n1-c1nccs1. The van der Waals surface area contributed by atoms with Gasteiger partial charge in [-0.25, -0.2) is 4.98 Å². The summed E-state index contributed by atoms with van der Waals surface area (Å²) < 4.78 is 7.37. The lowest BCUT2D eigenvalue weighted by Gasteiger charge is -2.35. The largest absolute Gasteiger partial charge is 0.378 e. The molecular formula is C20H26N4O3S. The molecular weight excluding hydrogens is 376 g/mol. The van der Waals surface area contributed by atoms with Crippen molar-refractivity contribution in [3.8, 4) is 5.13 Å². The highest BCUT2D eigenvalue weighted by Crippen LogP contribution is 2.26. The van der Waals surface area contributed by atoms with Crippen LogP contribution in [-0.4, -0.2) is 70.6 Å². The molecule has 0 N–H and O–H groups in total. The first-order chi connectivity index (χ1) is 13.6. The summed E-state index contributed by atoms with van der Waals surface area (Å²) in [5.41, 5.74) is 2.66. The van der Waals surface area contributed by atoms with Gasteiger partial charge in [0.2, 0.25) is 5.91 Å². The van der Waals surface area contributed by atoms with E-state index < -0.39 is 0 Å². The molecule has 28 heavy (non-hydrogen) atoms. The van der Waals surface area contributed by atoms with Crippen LogP contribution in [0.25, 0.3) is 5.13 Å². The molecule has 2 saturated heterocycles. The molecule has 2 fully saturated rings. The van der Waals surface area contributed by atoms with Crippen molar-refractivity contribution in [3.05, 3.63) is 34.6 Å². The third-order valence-electron chi connectivity index (χ3n) is 5.73. The molecule has 0 atom stereocenters. The van der Waals surface area contributed by atoms with Crippen molar-refractivity contribution in [1.82, 2.24) is 19.4 Å². The summed E-state index contributed by atoms with van der Waals surface area (Å²) >= 11 is 1.56. The minimum absolute atomic E-state index is 0.0184. The maximum atomic E-state index is 13.1. The smallest absolute Gasteiger partial charge is 0.255 e. The molecule has 2 aromatic heterocycles. The zero-order valence-corrected chi connectivity index (χ0v) is 17.2. The van der Waals surface area contributed by atoms with Crippen molar-refractivity contribution in [3.63, 3.8) is 0 Å². The van der Waals surface area contributed by atoms with Gasteiger partial charge in [-0.15, -0.1) is 11.3 Å². The van der Waals surface area contributed by atoms with Crippen LogP contribution in [0.2, 0.25) is 0 Å². The summed E-state index contributed by atoms with van der Waals surface area (Å²) in [5, 5.41) is 2.82. The third kappa shape index (κ3) is 3.58. The van der Waals surface area contributed by atoms with E-state index in [1.54, 1.807) is 17.5 Å². The Labute approximate surface area is 168 Å². The molecule has 4 rings (SSSR count). The van der Waals surface area contributed by atoms with Gasteiger partial charge in [0.05, 0.1) is 18.8 Å². The van der Waals surface area contributed by atoms with E-state index in [-0.39, 0.29) is 17.7 Å². The lowest BCUT2D eigenvalue weighted by atomic mass is 9.94. The van der Waals surface area contributed by atoms with Crippen LogP contribution < -0.4 is 0 Å². The Morgan fingerprint density at radius 1 is 1.11 bits per heavy atom. The van der Waals surface area contributed by atoms with Crippen molar-refractivity contribution in [1.29, 1.82) is 0 Å². The number of thiazole rings is 1. The Balaban J connectivity index is 1.42. The Hall–Kier alpha value is -2.19. The van der Waals surface area contributed by atoms with Crippen LogP contribution in [0.4, 0.5) is 0 Å². The van der Waals surface area contributed by atoms with Crippen molar-refractivity contribution in [2.45, 2.75) is 26.7 Å². The molecule has 0 spiro atoms. The predicted molar refractivity (Wildman–Crippen MR) is 107 cm³/mol. The fraction of sp³-hybridized carbons (Fsp3) is 0.550. The monoisotopic (exact) mass is 402 g/mol. The highest BCUT2D eigenvalue weighted by molar-refractivity contribution is 7.12. The molecule has 8 heteroatoms. The second-order valence-electron chi connectivity index (χ2n) is 7.44. The minimum Gasteiger partial charge on any atom is -0.378 e. The molecule has 0 aliphatic carbocycles. The van der Waals surface area contributed by atoms with Crippen LogP contribution in [-0.2, 0) is 9.53 Å². The molecule has 150 valence electrons. The number of morpholine rings is 1. The molecule has 2 aliphatic rings. The normalized spacial score (nSPS) is 18.5. The van der Waals surface area contributed by atoms with Gasteiger partial charge >= 0.3 is 0 Å². The standard InChI is InChI=1S/C20H26N4O3S/c1-14-13-17(15(2)24(14)20-21-5-12-28-20)19(26)22-6-3-16(4-7-22)18(25)23-8-10-27-11-9-23/h5,12-13,16H,3-4,6-11H2,1-2H3. The second-order valence-corrected chi connectivity index (χ2v) is 8.31. The van der Waals surface area contributed by atoms with E-state index in [1.165, 1.54) is 0 Å². The fourth-order valence-corrected chi connectivity index (χ4v) is 4.89. The van der Waals surface area contributed by atoms with Gasteiger partial charge in [-0.05, 0) is 32.8 Å². The van der Waals surface area contributed by atoms with E-state index in [1.807, 2.05) is 39.7 Å². The van der Waals surface area contributed by atoms with E-state index in [4.69, 9.17) is 4.74 Å². The summed E-state index contributed by atoms with van der Waals surface area (Å²) in [5.74, 6) is 0.287. The average molecular weight is 403 g/mol. The molecule has 0 aromatic carbocycles. The maximum Gasteiger partial charge on any atom is 0.255 e. The molecule has 0 bridgehead atoms. The van der Waals surface area contributed by atoms with Crippen LogP contribution in [0.15, 0.2) is 17.6 Å². The van der Waals surface area contributed by atoms with Crippen LogP contribution in [0.1, 0.15) is 34.6 Å². The average Bonchev–Trinajstić information content (AvgIpc) is 3.35. The van der Waals surface area contributed by atoms with E-state index in [9.17, 15) is 9.59 Å². The molecule has 4 heterocycles. The lowest BCUT2D eigenvalue weighted by molar-refractivity contribution is -0.141. The number of carbonyl (C=O) groups excluding carboxylic acids is 2. The van der Waals surface area contributed by atoms with Crippen LogP contribution >= 0.6 is 11.3 Å². The van der Waals surface area contributed by atoms with Gasteiger partial charge in [-0.3, -0.25) is 14.2 Å². The Bertz CT molecular complexity index is 847. The second kappa shape index (κ2) is 8.05. The van der Waals surface area contributed by atoms with Crippen LogP contribution in [0.3, 0.4) is 0 Å². The number of aromatic nitrogens is 2. The van der Waals surface area contributed by atoms with E-state index in [0.717, 1.165) is 34.9 Å². The summed E-state index contributed by atoms with van der Waals surface area (Å²) in [7, 11) is 0. The van der Waals surface area contributed by atoms with E-state index >= 15 is 0 Å². The van der Waals surface area contributed by atoms with Crippen molar-refractivity contribution < 1.29 is 14.3 Å². The Kier molecular flexibility index (Phi) is 5.50. The molecule has 7 nitrogen and oxygen atoms in total. The number of aryl methyl sites for hydroxylation is 1. The van der Waals surface area contributed by atoms with Gasteiger partial charge < -0.3 is 14.5 Å². The first-order valence-corrected chi connectivity index (χ1v) is 10.7. The van der Waals surface area contributed by atoms with Crippen molar-refractivity contribution in [2.24, 2.45) is 5.92 Å². The molecule has 0 unspecified atom stereocenters. The van der Waals surface area contributed by atoms with Gasteiger partial charge in [0, 0.05) is 55.1 Å². The summed E-state index contributed by atoms with van der Waals surface area (Å²) in [6.07, 6.45) is 3.23. The zero-order chi connectivity index (χ0) is 19.7. The first-order valence-electron chi connectivity index (χ1n) is 9.81. The van der Waals surface area contributed by atoms with Crippen molar-refractivity contribution >= 4 is 23.2 Å². The number of nitrogens with zero attached hydrogens (tertiary/aromatic N) is 4. The molecule has 0 radical (unpaired) electrons. The van der Waals surface area contributed by atoms with Gasteiger partial charge in [0.15, 0.2) is 5.13 Å². The van der Waals surface area contributed by atoms with Gasteiger partial charge in [0.25, 0.3) is 5.91 Å². The van der Waals surface area contributed by atoms with Gasteiger partial charge in [-0.2, -0.15) is 0 Å². The molecule has 2 aromatic rings. The number of carbonyl (C=O) groups is 2. The quantitative estimate of drug-likeness (QED) is 0.790. The van der Waals surface area contributed by atoms with Gasteiger partial charge in [0.1, 0.15) is 0 Å². The summed E-state index contributed by atoms with van der Waals surface area (Å²) in [6.45, 7) is 7.83.